The summed E-state index contributed by atoms with van der Waals surface area (Å²) < 4.78 is 0. The number of nitrogens with zero attached hydrogens (tertiary/aromatic N) is 3. The lowest BCUT2D eigenvalue weighted by Gasteiger charge is -2.24. The predicted octanol–water partition coefficient (Wildman–Crippen LogP) is 3.82. The van der Waals surface area contributed by atoms with Crippen molar-refractivity contribution in [2.45, 2.75) is 25.7 Å². The third-order valence-corrected chi connectivity index (χ3v) is 4.67. The van der Waals surface area contributed by atoms with Crippen molar-refractivity contribution >= 4 is 40.4 Å². The van der Waals surface area contributed by atoms with Crippen LogP contribution in [0.4, 0.5) is 22.9 Å². The van der Waals surface area contributed by atoms with Gasteiger partial charge in [0.05, 0.1) is 16.9 Å². The zero-order valence-corrected chi connectivity index (χ0v) is 13.9. The number of nitrogens with one attached hydrogen (secondary N) is 2. The molecule has 0 saturated carbocycles. The van der Waals surface area contributed by atoms with E-state index in [1.807, 2.05) is 6.07 Å². The quantitative estimate of drug-likeness (QED) is 0.823. The van der Waals surface area contributed by atoms with Gasteiger partial charge < -0.3 is 15.5 Å². The lowest BCUT2D eigenvalue weighted by molar-refractivity contribution is 0.102. The Labute approximate surface area is 145 Å². The molecule has 1 aromatic heterocycles. The van der Waals surface area contributed by atoms with E-state index in [1.54, 1.807) is 0 Å². The number of carbonyl (C=O) groups is 1. The summed E-state index contributed by atoms with van der Waals surface area (Å²) in [6, 6.07) is 7.57. The van der Waals surface area contributed by atoms with Gasteiger partial charge in [-0.2, -0.15) is 0 Å². The van der Waals surface area contributed by atoms with E-state index in [0.717, 1.165) is 30.2 Å². The maximum Gasteiger partial charge on any atom is 0.259 e. The minimum Gasteiger partial charge on any atom is -0.371 e. The van der Waals surface area contributed by atoms with Crippen LogP contribution in [0.25, 0.3) is 0 Å². The Kier molecular flexibility index (Phi) is 3.98. The number of carbonyl (C=O) groups excluding carboxylic acids is 1. The van der Waals surface area contributed by atoms with E-state index in [2.05, 4.69) is 37.9 Å². The van der Waals surface area contributed by atoms with Crippen molar-refractivity contribution in [3.05, 3.63) is 35.0 Å². The Morgan fingerprint density at radius 2 is 1.75 bits per heavy atom. The fraction of sp³-hybridized carbons (Fsp3) is 0.353. The topological polar surface area (TPSA) is 70.2 Å². The zero-order chi connectivity index (χ0) is 16.5. The number of anilines is 4. The molecule has 124 valence electrons. The zero-order valence-electron chi connectivity index (χ0n) is 13.2. The highest BCUT2D eigenvalue weighted by Crippen LogP contribution is 2.34. The third kappa shape index (κ3) is 2.89. The summed E-state index contributed by atoms with van der Waals surface area (Å²) in [6.45, 7) is 2.13. The van der Waals surface area contributed by atoms with Crippen LogP contribution >= 0.6 is 11.6 Å². The molecule has 0 radical (unpaired) electrons. The molecule has 7 heteroatoms. The van der Waals surface area contributed by atoms with Gasteiger partial charge in [0.1, 0.15) is 0 Å². The summed E-state index contributed by atoms with van der Waals surface area (Å²) >= 11 is 5.86. The molecule has 2 aliphatic heterocycles. The molecule has 4 rings (SSSR count). The van der Waals surface area contributed by atoms with Crippen LogP contribution in [0, 0.1) is 0 Å². The van der Waals surface area contributed by atoms with Crippen molar-refractivity contribution in [1.82, 2.24) is 10.2 Å². The van der Waals surface area contributed by atoms with E-state index in [9.17, 15) is 4.79 Å². The number of fused-ring (bicyclic) bond motifs is 2. The van der Waals surface area contributed by atoms with Crippen LogP contribution in [0.5, 0.6) is 0 Å². The normalized spacial score (nSPS) is 17.0. The molecule has 0 unspecified atom stereocenters. The first-order chi connectivity index (χ1) is 11.7. The van der Waals surface area contributed by atoms with E-state index in [4.69, 9.17) is 11.6 Å². The second-order valence-corrected chi connectivity index (χ2v) is 6.53. The summed E-state index contributed by atoms with van der Waals surface area (Å²) in [5.41, 5.74) is 3.10. The average molecular weight is 344 g/mol. The van der Waals surface area contributed by atoms with Crippen molar-refractivity contribution < 1.29 is 4.79 Å². The fourth-order valence-corrected chi connectivity index (χ4v) is 3.37. The molecule has 2 N–H and O–H groups in total. The monoisotopic (exact) mass is 343 g/mol. The molecular formula is C17H18ClN5O. The summed E-state index contributed by atoms with van der Waals surface area (Å²) in [5, 5.41) is 14.2. The first-order valence-corrected chi connectivity index (χ1v) is 8.59. The molecule has 1 saturated heterocycles. The molecule has 2 aliphatic rings. The molecular weight excluding hydrogens is 326 g/mol. The van der Waals surface area contributed by atoms with Crippen molar-refractivity contribution in [2.24, 2.45) is 0 Å². The number of aromatic nitrogens is 2. The first kappa shape index (κ1) is 15.2. The van der Waals surface area contributed by atoms with E-state index in [-0.39, 0.29) is 11.1 Å². The molecule has 1 aromatic carbocycles. The van der Waals surface area contributed by atoms with Crippen molar-refractivity contribution in [1.29, 1.82) is 0 Å². The Bertz CT molecular complexity index is 787. The van der Waals surface area contributed by atoms with Gasteiger partial charge in [-0.25, -0.2) is 0 Å². The Hall–Kier alpha value is -2.34. The van der Waals surface area contributed by atoms with Crippen LogP contribution in [0.15, 0.2) is 24.3 Å². The molecule has 2 aromatic rings. The molecule has 1 fully saturated rings. The molecule has 3 heterocycles. The predicted molar refractivity (Wildman–Crippen MR) is 95.4 cm³/mol. The number of halogens is 1. The lowest BCUT2D eigenvalue weighted by Crippen LogP contribution is -2.23. The van der Waals surface area contributed by atoms with Crippen LogP contribution in [0.3, 0.4) is 0 Å². The molecule has 0 bridgehead atoms. The highest BCUT2D eigenvalue weighted by molar-refractivity contribution is 6.30. The van der Waals surface area contributed by atoms with Crippen LogP contribution < -0.4 is 15.5 Å². The number of hydrogen-bond donors (Lipinski definition) is 2. The molecule has 24 heavy (non-hydrogen) atoms. The van der Waals surface area contributed by atoms with Gasteiger partial charge in [-0.1, -0.05) is 24.4 Å². The second-order valence-electron chi connectivity index (χ2n) is 6.14. The number of amides is 1. The molecule has 1 amide bonds. The van der Waals surface area contributed by atoms with Gasteiger partial charge in [0.15, 0.2) is 11.0 Å². The van der Waals surface area contributed by atoms with Gasteiger partial charge in [-0.3, -0.25) is 4.79 Å². The highest BCUT2D eigenvalue weighted by atomic mass is 35.5. The van der Waals surface area contributed by atoms with E-state index in [0.29, 0.717) is 11.4 Å². The van der Waals surface area contributed by atoms with Crippen LogP contribution in [0.1, 0.15) is 36.0 Å². The minimum atomic E-state index is -0.240. The number of hydrogen-bond acceptors (Lipinski definition) is 5. The summed E-state index contributed by atoms with van der Waals surface area (Å²) in [7, 11) is 0. The highest BCUT2D eigenvalue weighted by Gasteiger charge is 2.22. The molecule has 0 atom stereocenters. The third-order valence-electron chi connectivity index (χ3n) is 4.48. The molecule has 6 nitrogen and oxygen atoms in total. The van der Waals surface area contributed by atoms with E-state index < -0.39 is 0 Å². The fourth-order valence-electron chi connectivity index (χ4n) is 3.22. The largest absolute Gasteiger partial charge is 0.371 e. The summed E-state index contributed by atoms with van der Waals surface area (Å²) in [6.07, 6.45) is 5.01. The van der Waals surface area contributed by atoms with Crippen LogP contribution in [-0.4, -0.2) is 29.2 Å². The average Bonchev–Trinajstić information content (AvgIpc) is 2.92. The number of rotatable bonds is 1. The second kappa shape index (κ2) is 6.28. The minimum absolute atomic E-state index is 0.196. The maximum absolute atomic E-state index is 12.4. The molecule has 0 spiro atoms. The summed E-state index contributed by atoms with van der Waals surface area (Å²) in [5.74, 6) is 0.180. The van der Waals surface area contributed by atoms with Crippen LogP contribution in [-0.2, 0) is 0 Å². The van der Waals surface area contributed by atoms with E-state index in [1.165, 1.54) is 31.7 Å². The SMILES string of the molecule is O=C1Nc2ccc(N3CCCCCC3)cc2Nc2nnc(Cl)cc21. The van der Waals surface area contributed by atoms with Crippen LogP contribution in [0.2, 0.25) is 5.15 Å². The maximum atomic E-state index is 12.4. The smallest absolute Gasteiger partial charge is 0.259 e. The Balaban J connectivity index is 1.70. The molecule has 0 aliphatic carbocycles. The Morgan fingerprint density at radius 1 is 0.958 bits per heavy atom. The van der Waals surface area contributed by atoms with Gasteiger partial charge in [0.25, 0.3) is 5.91 Å². The van der Waals surface area contributed by atoms with Crippen molar-refractivity contribution in [3.63, 3.8) is 0 Å². The van der Waals surface area contributed by atoms with Gasteiger partial charge in [0.2, 0.25) is 0 Å². The first-order valence-electron chi connectivity index (χ1n) is 8.21. The lowest BCUT2D eigenvalue weighted by atomic mass is 10.2. The van der Waals surface area contributed by atoms with Gasteiger partial charge in [-0.15, -0.1) is 10.2 Å². The van der Waals surface area contributed by atoms with E-state index >= 15 is 0 Å². The standard InChI is InChI=1S/C17H18ClN5O/c18-15-10-12-16(22-21-15)19-14-9-11(5-6-13(14)20-17(12)24)23-7-3-1-2-4-8-23/h5-6,9-10H,1-4,7-8H2,(H,19,22)(H,20,24). The van der Waals surface area contributed by atoms with Gasteiger partial charge in [-0.05, 0) is 37.1 Å². The van der Waals surface area contributed by atoms with Gasteiger partial charge >= 0.3 is 0 Å². The van der Waals surface area contributed by atoms with Gasteiger partial charge in [0, 0.05) is 18.8 Å². The summed E-state index contributed by atoms with van der Waals surface area (Å²) in [4.78, 5) is 14.8. The Morgan fingerprint density at radius 3 is 2.54 bits per heavy atom. The van der Waals surface area contributed by atoms with Crippen molar-refractivity contribution in [2.75, 3.05) is 28.6 Å². The van der Waals surface area contributed by atoms with Crippen molar-refractivity contribution in [3.8, 4) is 0 Å². The number of benzene rings is 1.